The minimum Gasteiger partial charge on any atom is -0.477 e. The second kappa shape index (κ2) is 10.7. The number of fused-ring (bicyclic) bond motifs is 1. The summed E-state index contributed by atoms with van der Waals surface area (Å²) in [6.07, 6.45) is 4.12. The molecule has 5 rings (SSSR count). The van der Waals surface area contributed by atoms with E-state index in [9.17, 15) is 29.1 Å². The third-order valence-corrected chi connectivity index (χ3v) is 7.28. The number of nitrogens with two attached hydrogens (primary N) is 1. The Balaban J connectivity index is 1.35. The average molecular weight is 566 g/mol. The summed E-state index contributed by atoms with van der Waals surface area (Å²) in [5, 5.41) is 17.7. The summed E-state index contributed by atoms with van der Waals surface area (Å²) < 4.78 is 0. The van der Waals surface area contributed by atoms with E-state index in [0.717, 1.165) is 23.2 Å². The molecule has 206 valence electrons. The van der Waals surface area contributed by atoms with Gasteiger partial charge in [-0.2, -0.15) is 0 Å². The van der Waals surface area contributed by atoms with Crippen LogP contribution in [0, 0.1) is 0 Å². The zero-order chi connectivity index (χ0) is 28.6. The number of nitrogen functional groups attached to an aromatic ring is 1. The van der Waals surface area contributed by atoms with Crippen molar-refractivity contribution in [3.05, 3.63) is 58.4 Å². The second-order valence-electron chi connectivity index (χ2n) is 9.10. The number of allylic oxidation sites excluding steroid dienone is 2. The molecule has 15 heteroatoms. The number of anilines is 2. The number of nitrogens with zero attached hydrogens (tertiary/aromatic N) is 5. The molecule has 2 aromatic heterocycles. The maximum atomic E-state index is 13.1. The second-order valence-corrected chi connectivity index (χ2v) is 9.99. The fourth-order valence-corrected chi connectivity index (χ4v) is 5.39. The third-order valence-electron chi connectivity index (χ3n) is 6.61. The minimum atomic E-state index is -1.32. The van der Waals surface area contributed by atoms with Crippen LogP contribution in [0.1, 0.15) is 31.9 Å². The average Bonchev–Trinajstić information content (AvgIpc) is 3.52. The molecule has 3 aliphatic heterocycles. The quantitative estimate of drug-likeness (QED) is 0.140. The third kappa shape index (κ3) is 4.93. The fraction of sp³-hybridized carbons (Fsp3) is 0.280. The van der Waals surface area contributed by atoms with Gasteiger partial charge in [-0.15, -0.1) is 11.3 Å². The monoisotopic (exact) mass is 565 g/mol. The number of carboxylic acids is 1. The number of hydrogen-bond donors (Lipinski definition) is 3. The van der Waals surface area contributed by atoms with Gasteiger partial charge < -0.3 is 21.0 Å². The molecule has 3 aliphatic rings. The number of hydrogen-bond acceptors (Lipinski definition) is 11. The van der Waals surface area contributed by atoms with Crippen LogP contribution in [0.15, 0.2) is 57.9 Å². The number of oxime groups is 1. The molecule has 0 saturated carbocycles. The summed E-state index contributed by atoms with van der Waals surface area (Å²) in [6, 6.07) is 3.55. The van der Waals surface area contributed by atoms with E-state index in [1.165, 1.54) is 10.3 Å². The number of aliphatic carboxylic acids is 1. The zero-order valence-corrected chi connectivity index (χ0v) is 21.9. The minimum absolute atomic E-state index is 0.0505. The topological polar surface area (TPSA) is 197 Å². The van der Waals surface area contributed by atoms with Crippen LogP contribution in [0.2, 0.25) is 0 Å². The molecule has 40 heavy (non-hydrogen) atoms. The molecule has 2 fully saturated rings. The van der Waals surface area contributed by atoms with E-state index in [4.69, 9.17) is 5.73 Å². The SMILES string of the molecule is CC(=O)O/N=C(\C(=O)N[C@@H]1C(=O)N2C(C(=O)O)=C(C=C3CCN(c4ccccn4)C3=O)CC[C@H]12)c1csc(N)n1. The van der Waals surface area contributed by atoms with Crippen molar-refractivity contribution in [1.82, 2.24) is 20.2 Å². The van der Waals surface area contributed by atoms with Crippen molar-refractivity contribution in [2.45, 2.75) is 38.3 Å². The van der Waals surface area contributed by atoms with Crippen LogP contribution in [0.25, 0.3) is 0 Å². The number of pyridine rings is 1. The van der Waals surface area contributed by atoms with Gasteiger partial charge in [-0.1, -0.05) is 11.2 Å². The Kier molecular flexibility index (Phi) is 7.13. The summed E-state index contributed by atoms with van der Waals surface area (Å²) in [5.74, 6) is -3.35. The van der Waals surface area contributed by atoms with Gasteiger partial charge >= 0.3 is 11.9 Å². The lowest BCUT2D eigenvalue weighted by Gasteiger charge is -2.50. The molecule has 2 saturated heterocycles. The van der Waals surface area contributed by atoms with Gasteiger partial charge in [-0.3, -0.25) is 24.2 Å². The summed E-state index contributed by atoms with van der Waals surface area (Å²) in [5.41, 5.74) is 5.87. The molecule has 2 aromatic rings. The van der Waals surface area contributed by atoms with Gasteiger partial charge in [0.25, 0.3) is 17.7 Å². The highest BCUT2D eigenvalue weighted by Crippen LogP contribution is 2.38. The normalized spacial score (nSPS) is 21.8. The molecule has 0 bridgehead atoms. The van der Waals surface area contributed by atoms with Crippen LogP contribution in [0.3, 0.4) is 0 Å². The summed E-state index contributed by atoms with van der Waals surface area (Å²) in [7, 11) is 0. The first-order chi connectivity index (χ1) is 19.2. The number of nitrogens with one attached hydrogen (secondary N) is 1. The van der Waals surface area contributed by atoms with Gasteiger partial charge in [0.15, 0.2) is 10.8 Å². The predicted octanol–water partition coefficient (Wildman–Crippen LogP) is 0.579. The fourth-order valence-electron chi connectivity index (χ4n) is 4.84. The highest BCUT2D eigenvalue weighted by Gasteiger charge is 2.53. The number of rotatable bonds is 7. The van der Waals surface area contributed by atoms with E-state index >= 15 is 0 Å². The molecule has 2 atom stereocenters. The van der Waals surface area contributed by atoms with E-state index < -0.39 is 35.8 Å². The van der Waals surface area contributed by atoms with Crippen LogP contribution in [-0.2, 0) is 28.8 Å². The first-order valence-corrected chi connectivity index (χ1v) is 13.0. The van der Waals surface area contributed by atoms with E-state index in [1.54, 1.807) is 30.5 Å². The predicted molar refractivity (Wildman–Crippen MR) is 141 cm³/mol. The number of thiazole rings is 1. The Morgan fingerprint density at radius 2 is 2.08 bits per heavy atom. The van der Waals surface area contributed by atoms with Gasteiger partial charge in [0.1, 0.15) is 23.3 Å². The number of amides is 3. The Morgan fingerprint density at radius 1 is 1.27 bits per heavy atom. The van der Waals surface area contributed by atoms with E-state index in [-0.39, 0.29) is 34.6 Å². The smallest absolute Gasteiger partial charge is 0.352 e. The standard InChI is InChI=1S/C25H23N7O7S/c1-12(33)39-30-18(15-11-40-25(26)28-15)21(34)29-19-16-6-5-13(20(24(37)38)32(16)23(19)36)10-14-7-9-31(22(14)35)17-4-2-3-8-27-17/h2-4,8,10-11,16,19H,5-7,9H2,1H3,(H2,26,28)(H,29,34)(H,37,38)/b14-10?,30-18-/t16-,19+/m1/s1. The van der Waals surface area contributed by atoms with Crippen LogP contribution < -0.4 is 16.0 Å². The lowest BCUT2D eigenvalue weighted by Crippen LogP contribution is -2.72. The van der Waals surface area contributed by atoms with E-state index in [0.29, 0.717) is 36.4 Å². The zero-order valence-electron chi connectivity index (χ0n) is 21.1. The Bertz CT molecular complexity index is 1510. The number of carbonyl (C=O) groups is 5. The molecule has 5 heterocycles. The number of carbonyl (C=O) groups excluding carboxylic acids is 4. The van der Waals surface area contributed by atoms with Crippen molar-refractivity contribution in [3.63, 3.8) is 0 Å². The van der Waals surface area contributed by atoms with Crippen molar-refractivity contribution in [3.8, 4) is 0 Å². The molecule has 3 amide bonds. The van der Waals surface area contributed by atoms with Crippen molar-refractivity contribution in [2.75, 3.05) is 17.2 Å². The van der Waals surface area contributed by atoms with Gasteiger partial charge in [0, 0.05) is 30.6 Å². The molecule has 14 nitrogen and oxygen atoms in total. The van der Waals surface area contributed by atoms with Gasteiger partial charge in [0.2, 0.25) is 0 Å². The summed E-state index contributed by atoms with van der Waals surface area (Å²) >= 11 is 1.04. The molecular formula is C25H23N7O7S. The summed E-state index contributed by atoms with van der Waals surface area (Å²) in [4.78, 5) is 78.1. The highest BCUT2D eigenvalue weighted by atomic mass is 32.1. The lowest BCUT2D eigenvalue weighted by atomic mass is 9.82. The number of aromatic nitrogens is 2. The first kappa shape index (κ1) is 26.7. The number of carboxylic acid groups (broad SMARTS) is 1. The molecule has 0 aliphatic carbocycles. The maximum Gasteiger partial charge on any atom is 0.352 e. The molecule has 0 radical (unpaired) electrons. The van der Waals surface area contributed by atoms with Gasteiger partial charge in [-0.05, 0) is 43.0 Å². The molecule has 0 spiro atoms. The maximum absolute atomic E-state index is 13.1. The first-order valence-electron chi connectivity index (χ1n) is 12.2. The van der Waals surface area contributed by atoms with Crippen molar-refractivity contribution >= 4 is 57.7 Å². The molecular weight excluding hydrogens is 542 g/mol. The lowest BCUT2D eigenvalue weighted by molar-refractivity contribution is -0.155. The van der Waals surface area contributed by atoms with Crippen molar-refractivity contribution in [2.24, 2.45) is 5.16 Å². The van der Waals surface area contributed by atoms with Crippen LogP contribution in [0.5, 0.6) is 0 Å². The van der Waals surface area contributed by atoms with Crippen LogP contribution >= 0.6 is 11.3 Å². The van der Waals surface area contributed by atoms with Crippen LogP contribution in [-0.4, -0.2) is 74.0 Å². The van der Waals surface area contributed by atoms with Crippen molar-refractivity contribution < 1.29 is 33.9 Å². The van der Waals surface area contributed by atoms with Gasteiger partial charge in [-0.25, -0.2) is 19.6 Å². The summed E-state index contributed by atoms with van der Waals surface area (Å²) in [6.45, 7) is 1.50. The van der Waals surface area contributed by atoms with Crippen LogP contribution in [0.4, 0.5) is 10.9 Å². The largest absolute Gasteiger partial charge is 0.477 e. The Labute approximate surface area is 230 Å². The highest BCUT2D eigenvalue weighted by molar-refractivity contribution is 7.13. The Morgan fingerprint density at radius 3 is 2.73 bits per heavy atom. The van der Waals surface area contributed by atoms with E-state index in [2.05, 4.69) is 25.3 Å². The molecule has 4 N–H and O–H groups in total. The van der Waals surface area contributed by atoms with Gasteiger partial charge in [0.05, 0.1) is 6.04 Å². The Hall–Kier alpha value is -4.92. The van der Waals surface area contributed by atoms with E-state index in [1.807, 2.05) is 0 Å². The molecule has 0 aromatic carbocycles. The van der Waals surface area contributed by atoms with Crippen molar-refractivity contribution in [1.29, 1.82) is 0 Å². The molecule has 0 unspecified atom stereocenters. The number of β-lactam (4-membered cyclic amide) rings is 1.